The third kappa shape index (κ3) is 9.32. The summed E-state index contributed by atoms with van der Waals surface area (Å²) < 4.78 is 5.16. The van der Waals surface area contributed by atoms with Gasteiger partial charge in [-0.25, -0.2) is 0 Å². The van der Waals surface area contributed by atoms with Gasteiger partial charge < -0.3 is 15.0 Å². The number of carbonyl (C=O) groups is 1. The maximum atomic E-state index is 11.9. The van der Waals surface area contributed by atoms with E-state index in [4.69, 9.17) is 4.74 Å². The first-order valence-corrected chi connectivity index (χ1v) is 8.31. The lowest BCUT2D eigenvalue weighted by molar-refractivity contribution is -0.145. The molecule has 1 unspecified atom stereocenters. The number of ether oxygens (including phenoxy) is 1. The molecule has 0 amide bonds. The maximum absolute atomic E-state index is 11.9. The van der Waals surface area contributed by atoms with Crippen molar-refractivity contribution in [3.8, 4) is 0 Å². The number of hydrogen-bond acceptors (Lipinski definition) is 4. The van der Waals surface area contributed by atoms with Crippen LogP contribution < -0.4 is 5.32 Å². The van der Waals surface area contributed by atoms with Gasteiger partial charge in [-0.1, -0.05) is 46.5 Å². The lowest BCUT2D eigenvalue weighted by Gasteiger charge is -2.21. The van der Waals surface area contributed by atoms with Gasteiger partial charge in [0.2, 0.25) is 0 Å². The first-order chi connectivity index (χ1) is 9.69. The molecule has 0 aromatic rings. The quantitative estimate of drug-likeness (QED) is 0.417. The second-order valence-corrected chi connectivity index (χ2v) is 5.13. The van der Waals surface area contributed by atoms with E-state index in [-0.39, 0.29) is 12.0 Å². The molecule has 0 rings (SSSR count). The van der Waals surface area contributed by atoms with Crippen LogP contribution in [0.1, 0.15) is 59.8 Å². The Hall–Kier alpha value is -0.610. The average Bonchev–Trinajstić information content (AvgIpc) is 2.46. The van der Waals surface area contributed by atoms with Gasteiger partial charge in [-0.2, -0.15) is 0 Å². The van der Waals surface area contributed by atoms with Crippen molar-refractivity contribution in [1.29, 1.82) is 0 Å². The Labute approximate surface area is 125 Å². The van der Waals surface area contributed by atoms with Crippen molar-refractivity contribution in [3.05, 3.63) is 0 Å². The molecule has 0 saturated carbocycles. The van der Waals surface area contributed by atoms with Crippen LogP contribution in [0.4, 0.5) is 0 Å². The molecule has 0 spiro atoms. The highest BCUT2D eigenvalue weighted by Gasteiger charge is 2.18. The Morgan fingerprint density at radius 3 is 2.35 bits per heavy atom. The van der Waals surface area contributed by atoms with E-state index in [2.05, 4.69) is 31.0 Å². The predicted molar refractivity (Wildman–Crippen MR) is 85.0 cm³/mol. The summed E-state index contributed by atoms with van der Waals surface area (Å²) in [6.45, 7) is 12.8. The number of hydrogen-bond donors (Lipinski definition) is 1. The molecule has 4 heteroatoms. The van der Waals surface area contributed by atoms with Crippen molar-refractivity contribution >= 4 is 5.97 Å². The summed E-state index contributed by atoms with van der Waals surface area (Å²) in [5, 5.41) is 3.36. The minimum atomic E-state index is -0.137. The number of esters is 1. The fraction of sp³-hybridized carbons (Fsp3) is 0.938. The van der Waals surface area contributed by atoms with Gasteiger partial charge in [-0.3, -0.25) is 4.79 Å². The SMILES string of the molecule is CCCCCCC(NCCN(CC)CC)C(=O)OCC. The van der Waals surface area contributed by atoms with E-state index < -0.39 is 0 Å². The fourth-order valence-electron chi connectivity index (χ4n) is 2.26. The second kappa shape index (κ2) is 13.4. The van der Waals surface area contributed by atoms with Crippen molar-refractivity contribution < 1.29 is 9.53 Å². The molecular weight excluding hydrogens is 252 g/mol. The second-order valence-electron chi connectivity index (χ2n) is 5.13. The van der Waals surface area contributed by atoms with Gasteiger partial charge in [0.1, 0.15) is 6.04 Å². The Balaban J connectivity index is 4.06. The van der Waals surface area contributed by atoms with Crippen LogP contribution in [-0.2, 0) is 9.53 Å². The molecule has 20 heavy (non-hydrogen) atoms. The first kappa shape index (κ1) is 19.4. The third-order valence-electron chi connectivity index (χ3n) is 3.63. The number of unbranched alkanes of at least 4 members (excludes halogenated alkanes) is 3. The zero-order chi connectivity index (χ0) is 15.2. The Morgan fingerprint density at radius 1 is 1.10 bits per heavy atom. The van der Waals surface area contributed by atoms with E-state index >= 15 is 0 Å². The van der Waals surface area contributed by atoms with E-state index in [1.807, 2.05) is 6.92 Å². The van der Waals surface area contributed by atoms with Gasteiger partial charge >= 0.3 is 5.97 Å². The lowest BCUT2D eigenvalue weighted by atomic mass is 10.1. The molecule has 0 fully saturated rings. The van der Waals surface area contributed by atoms with Gasteiger partial charge in [-0.05, 0) is 26.4 Å². The molecule has 0 aromatic heterocycles. The highest BCUT2D eigenvalue weighted by atomic mass is 16.5. The molecule has 0 aromatic carbocycles. The molecule has 0 aliphatic carbocycles. The average molecular weight is 286 g/mol. The number of nitrogens with one attached hydrogen (secondary N) is 1. The molecule has 0 radical (unpaired) electrons. The minimum absolute atomic E-state index is 0.0939. The van der Waals surface area contributed by atoms with E-state index in [0.717, 1.165) is 39.0 Å². The van der Waals surface area contributed by atoms with Crippen LogP contribution in [0, 0.1) is 0 Å². The van der Waals surface area contributed by atoms with Crippen molar-refractivity contribution in [2.75, 3.05) is 32.8 Å². The zero-order valence-corrected chi connectivity index (χ0v) is 13.9. The number of rotatable bonds is 13. The van der Waals surface area contributed by atoms with E-state index in [9.17, 15) is 4.79 Å². The number of nitrogens with zero attached hydrogens (tertiary/aromatic N) is 1. The van der Waals surface area contributed by atoms with Crippen LogP contribution in [-0.4, -0.2) is 49.7 Å². The summed E-state index contributed by atoms with van der Waals surface area (Å²) in [5.74, 6) is -0.0939. The van der Waals surface area contributed by atoms with Gasteiger partial charge in [0, 0.05) is 13.1 Å². The van der Waals surface area contributed by atoms with Crippen molar-refractivity contribution in [1.82, 2.24) is 10.2 Å². The zero-order valence-electron chi connectivity index (χ0n) is 13.9. The van der Waals surface area contributed by atoms with Crippen molar-refractivity contribution in [2.24, 2.45) is 0 Å². The smallest absolute Gasteiger partial charge is 0.323 e. The Morgan fingerprint density at radius 2 is 1.80 bits per heavy atom. The first-order valence-electron chi connectivity index (χ1n) is 8.31. The molecule has 0 aliphatic rings. The summed E-state index contributed by atoms with van der Waals surface area (Å²) >= 11 is 0. The van der Waals surface area contributed by atoms with Crippen LogP contribution in [0.25, 0.3) is 0 Å². The molecule has 4 nitrogen and oxygen atoms in total. The molecule has 0 heterocycles. The molecular formula is C16H34N2O2. The maximum Gasteiger partial charge on any atom is 0.323 e. The summed E-state index contributed by atoms with van der Waals surface area (Å²) in [6.07, 6.45) is 5.64. The van der Waals surface area contributed by atoms with E-state index in [0.29, 0.717) is 6.61 Å². The van der Waals surface area contributed by atoms with Crippen LogP contribution in [0.3, 0.4) is 0 Å². The van der Waals surface area contributed by atoms with Gasteiger partial charge in [0.15, 0.2) is 0 Å². The molecule has 0 bridgehead atoms. The third-order valence-corrected chi connectivity index (χ3v) is 3.63. The van der Waals surface area contributed by atoms with Crippen molar-refractivity contribution in [2.45, 2.75) is 65.8 Å². The summed E-state index contributed by atoms with van der Waals surface area (Å²) in [5.41, 5.74) is 0. The monoisotopic (exact) mass is 286 g/mol. The van der Waals surface area contributed by atoms with Crippen LogP contribution >= 0.6 is 0 Å². The van der Waals surface area contributed by atoms with Gasteiger partial charge in [0.25, 0.3) is 0 Å². The standard InChI is InChI=1S/C16H34N2O2/c1-5-9-10-11-12-15(16(19)20-8-4)17-13-14-18(6-2)7-3/h15,17H,5-14H2,1-4H3. The highest BCUT2D eigenvalue weighted by Crippen LogP contribution is 2.07. The Bertz CT molecular complexity index is 231. The molecule has 0 aliphatic heterocycles. The van der Waals surface area contributed by atoms with Gasteiger partial charge in [0.05, 0.1) is 6.61 Å². The fourth-order valence-corrected chi connectivity index (χ4v) is 2.26. The summed E-state index contributed by atoms with van der Waals surface area (Å²) in [4.78, 5) is 14.3. The number of likely N-dealkylation sites (N-methyl/N-ethyl adjacent to an activating group) is 1. The molecule has 120 valence electrons. The Kier molecular flexibility index (Phi) is 13.0. The molecule has 1 N–H and O–H groups in total. The topological polar surface area (TPSA) is 41.6 Å². The summed E-state index contributed by atoms with van der Waals surface area (Å²) in [7, 11) is 0. The molecule has 1 atom stereocenters. The minimum Gasteiger partial charge on any atom is -0.465 e. The lowest BCUT2D eigenvalue weighted by Crippen LogP contribution is -2.42. The van der Waals surface area contributed by atoms with Crippen molar-refractivity contribution in [3.63, 3.8) is 0 Å². The summed E-state index contributed by atoms with van der Waals surface area (Å²) in [6, 6.07) is -0.137. The normalized spacial score (nSPS) is 12.7. The van der Waals surface area contributed by atoms with Crippen LogP contribution in [0.5, 0.6) is 0 Å². The van der Waals surface area contributed by atoms with Gasteiger partial charge in [-0.15, -0.1) is 0 Å². The van der Waals surface area contributed by atoms with E-state index in [1.54, 1.807) is 0 Å². The van der Waals surface area contributed by atoms with Crippen LogP contribution in [0.15, 0.2) is 0 Å². The van der Waals surface area contributed by atoms with E-state index in [1.165, 1.54) is 19.3 Å². The highest BCUT2D eigenvalue weighted by molar-refractivity contribution is 5.75. The number of carbonyl (C=O) groups excluding carboxylic acids is 1. The largest absolute Gasteiger partial charge is 0.465 e. The predicted octanol–water partition coefficient (Wildman–Crippen LogP) is 2.82. The van der Waals surface area contributed by atoms with Crippen LogP contribution in [0.2, 0.25) is 0 Å². The molecule has 0 saturated heterocycles.